The molecule has 0 bridgehead atoms. The normalized spacial score (nSPS) is 11.6. The zero-order valence-electron chi connectivity index (χ0n) is 24.2. The standard InChI is InChI=1S/2C8H7N.2C7H5NS.C6H4N2O/c1-3-7-4-2-6-9-8(7)5-1;1-2-4-8-7(3-1)5-6-9-8;1-2-6-3-5-9-7(6)8-4-1;1-2-4-7-6(3-1)8-5-9-7;1-2-5-6(7-3-1)9-4-8-5/h2*1-4,6H,5H2;2*1-5H;1-4H. The van der Waals surface area contributed by atoms with E-state index >= 15 is 0 Å². The summed E-state index contributed by atoms with van der Waals surface area (Å²) in [6, 6.07) is 30.2. The maximum absolute atomic E-state index is 4.90. The third kappa shape index (κ3) is 8.17. The second-order valence-electron chi connectivity index (χ2n) is 9.61. The van der Waals surface area contributed by atoms with Crippen molar-refractivity contribution >= 4 is 72.3 Å². The lowest BCUT2D eigenvalue weighted by Crippen LogP contribution is -1.83. The van der Waals surface area contributed by atoms with Crippen LogP contribution in [-0.2, 0) is 12.8 Å². The smallest absolute Gasteiger partial charge is 0.246 e. The van der Waals surface area contributed by atoms with E-state index in [0.717, 1.165) is 34.4 Å². The average molecular weight is 625 g/mol. The fourth-order valence-corrected chi connectivity index (χ4v) is 5.85. The molecule has 1 aliphatic carbocycles. The highest BCUT2D eigenvalue weighted by Crippen LogP contribution is 2.22. The Morgan fingerprint density at radius 2 is 1.47 bits per heavy atom. The second kappa shape index (κ2) is 15.4. The monoisotopic (exact) mass is 624 g/mol. The third-order valence-electron chi connectivity index (χ3n) is 6.64. The van der Waals surface area contributed by atoms with E-state index in [-0.39, 0.29) is 0 Å². The molecule has 0 unspecified atom stereocenters. The lowest BCUT2D eigenvalue weighted by atomic mass is 10.2. The number of hydrogen-bond acceptors (Lipinski definition) is 9. The predicted octanol–water partition coefficient (Wildman–Crippen LogP) is 9.41. The van der Waals surface area contributed by atoms with Crippen LogP contribution in [0.25, 0.3) is 37.7 Å². The van der Waals surface area contributed by atoms with Crippen molar-refractivity contribution in [3.63, 3.8) is 0 Å². The number of aliphatic imine (C=N–C) groups is 1. The molecule has 0 atom stereocenters. The molecule has 0 spiro atoms. The van der Waals surface area contributed by atoms with E-state index in [2.05, 4.69) is 77.8 Å². The zero-order valence-corrected chi connectivity index (χ0v) is 25.8. The summed E-state index contributed by atoms with van der Waals surface area (Å²) in [5, 5.41) is 3.29. The summed E-state index contributed by atoms with van der Waals surface area (Å²) in [5.41, 5.74) is 9.33. The molecule has 9 heteroatoms. The molecule has 45 heavy (non-hydrogen) atoms. The number of benzene rings is 2. The van der Waals surface area contributed by atoms with Crippen LogP contribution >= 0.6 is 22.7 Å². The minimum Gasteiger partial charge on any atom is -0.425 e. The van der Waals surface area contributed by atoms with Crippen LogP contribution in [0.2, 0.25) is 0 Å². The van der Waals surface area contributed by atoms with Gasteiger partial charge in [0.25, 0.3) is 0 Å². The van der Waals surface area contributed by atoms with Crippen molar-refractivity contribution in [1.29, 1.82) is 0 Å². The Hall–Kier alpha value is -5.38. The fourth-order valence-electron chi connectivity index (χ4n) is 4.43. The first-order valence-corrected chi connectivity index (χ1v) is 16.0. The van der Waals surface area contributed by atoms with Gasteiger partial charge in [-0.05, 0) is 65.0 Å². The SMILES string of the molecule is C1=Cc2cccnc2C1.C1=Nc2ccccc2C1.c1ccc2scnc2c1.c1cnc2ocnc2c1.c1cnc2sccc2c1. The van der Waals surface area contributed by atoms with Gasteiger partial charge in [-0.1, -0.05) is 54.6 Å². The number of rotatable bonds is 0. The van der Waals surface area contributed by atoms with Crippen molar-refractivity contribution in [2.75, 3.05) is 0 Å². The molecule has 2 aliphatic rings. The molecule has 2 aromatic carbocycles. The van der Waals surface area contributed by atoms with E-state index in [9.17, 15) is 0 Å². The summed E-state index contributed by atoms with van der Waals surface area (Å²) in [5.74, 6) is 0. The zero-order chi connectivity index (χ0) is 30.5. The van der Waals surface area contributed by atoms with E-state index in [1.807, 2.05) is 84.8 Å². The van der Waals surface area contributed by atoms with Crippen molar-refractivity contribution in [3.8, 4) is 0 Å². The van der Waals surface area contributed by atoms with Crippen molar-refractivity contribution in [1.82, 2.24) is 24.9 Å². The number of para-hydroxylation sites is 2. The first-order valence-electron chi connectivity index (χ1n) is 14.2. The number of thiazole rings is 1. The third-order valence-corrected chi connectivity index (χ3v) is 8.29. The summed E-state index contributed by atoms with van der Waals surface area (Å²) in [7, 11) is 0. The molecule has 0 N–H and O–H groups in total. The molecular formula is C36H28N6OS2. The molecular weight excluding hydrogens is 597 g/mol. The molecule has 0 saturated carbocycles. The minimum atomic E-state index is 0.595. The predicted molar refractivity (Wildman–Crippen MR) is 186 cm³/mol. The van der Waals surface area contributed by atoms with Crippen LogP contribution in [0.4, 0.5) is 5.69 Å². The van der Waals surface area contributed by atoms with Gasteiger partial charge in [0.1, 0.15) is 10.3 Å². The Morgan fingerprint density at radius 1 is 0.644 bits per heavy atom. The molecule has 8 aromatic rings. The topological polar surface area (TPSA) is 90.0 Å². The average Bonchev–Trinajstić information content (AvgIpc) is 3.95. The van der Waals surface area contributed by atoms with Gasteiger partial charge in [0, 0.05) is 43.0 Å². The van der Waals surface area contributed by atoms with Gasteiger partial charge < -0.3 is 4.42 Å². The van der Waals surface area contributed by atoms with Gasteiger partial charge >= 0.3 is 0 Å². The molecule has 0 radical (unpaired) electrons. The molecule has 7 heterocycles. The van der Waals surface area contributed by atoms with Crippen LogP contribution in [0.5, 0.6) is 0 Å². The van der Waals surface area contributed by atoms with Gasteiger partial charge in [-0.3, -0.25) is 9.98 Å². The van der Waals surface area contributed by atoms with E-state index in [0.29, 0.717) is 5.71 Å². The van der Waals surface area contributed by atoms with Crippen molar-refractivity contribution < 1.29 is 4.42 Å². The van der Waals surface area contributed by atoms with Crippen LogP contribution in [-0.4, -0.2) is 31.1 Å². The van der Waals surface area contributed by atoms with Crippen molar-refractivity contribution in [3.05, 3.63) is 150 Å². The quantitative estimate of drug-likeness (QED) is 0.167. The maximum Gasteiger partial charge on any atom is 0.246 e. The first kappa shape index (κ1) is 29.7. The summed E-state index contributed by atoms with van der Waals surface area (Å²) in [4.78, 5) is 25.6. The van der Waals surface area contributed by atoms with Gasteiger partial charge in [-0.2, -0.15) is 0 Å². The number of fused-ring (bicyclic) bond motifs is 5. The number of oxazole rings is 1. The van der Waals surface area contributed by atoms with Crippen LogP contribution in [0.3, 0.4) is 0 Å². The van der Waals surface area contributed by atoms with Gasteiger partial charge in [0.15, 0.2) is 6.39 Å². The number of aromatic nitrogens is 5. The summed E-state index contributed by atoms with van der Waals surface area (Å²) < 4.78 is 6.16. The van der Waals surface area contributed by atoms with Crippen LogP contribution < -0.4 is 0 Å². The molecule has 0 amide bonds. The number of nitrogens with zero attached hydrogens (tertiary/aromatic N) is 6. The highest BCUT2D eigenvalue weighted by molar-refractivity contribution is 7.17. The van der Waals surface area contributed by atoms with Gasteiger partial charge in [-0.25, -0.2) is 19.9 Å². The molecule has 10 rings (SSSR count). The summed E-state index contributed by atoms with van der Waals surface area (Å²) >= 11 is 3.35. The Morgan fingerprint density at radius 3 is 2.36 bits per heavy atom. The number of allylic oxidation sites excluding steroid dienone is 1. The van der Waals surface area contributed by atoms with Crippen LogP contribution in [0.15, 0.2) is 142 Å². The number of pyridine rings is 3. The van der Waals surface area contributed by atoms with Crippen molar-refractivity contribution in [2.45, 2.75) is 12.8 Å². The molecule has 7 nitrogen and oxygen atoms in total. The highest BCUT2D eigenvalue weighted by Gasteiger charge is 2.03. The lowest BCUT2D eigenvalue weighted by molar-refractivity contribution is 0.590. The summed E-state index contributed by atoms with van der Waals surface area (Å²) in [6.45, 7) is 0. The molecule has 0 saturated heterocycles. The lowest BCUT2D eigenvalue weighted by Gasteiger charge is -1.92. The van der Waals surface area contributed by atoms with E-state index in [4.69, 9.17) is 4.42 Å². The van der Waals surface area contributed by atoms with Crippen LogP contribution in [0.1, 0.15) is 16.8 Å². The van der Waals surface area contributed by atoms with Gasteiger partial charge in [-0.15, -0.1) is 22.7 Å². The minimum absolute atomic E-state index is 0.595. The number of thiophene rings is 1. The maximum atomic E-state index is 4.90. The second-order valence-corrected chi connectivity index (χ2v) is 11.4. The Kier molecular flexibility index (Phi) is 10.1. The van der Waals surface area contributed by atoms with E-state index in [1.54, 1.807) is 28.9 Å². The Balaban J connectivity index is 0.0000000992. The van der Waals surface area contributed by atoms with Gasteiger partial charge in [0.05, 0.1) is 27.1 Å². The fraction of sp³-hybridized carbons (Fsp3) is 0.0556. The first-order chi connectivity index (χ1) is 22.3. The largest absolute Gasteiger partial charge is 0.425 e. The van der Waals surface area contributed by atoms with E-state index < -0.39 is 0 Å². The highest BCUT2D eigenvalue weighted by atomic mass is 32.1. The Bertz CT molecular complexity index is 1860. The van der Waals surface area contributed by atoms with E-state index in [1.165, 1.54) is 33.3 Å². The van der Waals surface area contributed by atoms with Gasteiger partial charge in [0.2, 0.25) is 5.71 Å². The number of hydrogen-bond donors (Lipinski definition) is 0. The summed E-state index contributed by atoms with van der Waals surface area (Å²) in [6.07, 6.45) is 14.9. The molecule has 220 valence electrons. The Labute approximate surface area is 268 Å². The van der Waals surface area contributed by atoms with Crippen molar-refractivity contribution in [2.24, 2.45) is 4.99 Å². The molecule has 6 aromatic heterocycles. The molecule has 1 aliphatic heterocycles. The molecule has 0 fully saturated rings. The van der Waals surface area contributed by atoms with Crippen LogP contribution in [0, 0.1) is 0 Å².